The Kier molecular flexibility index (Phi) is 10.9. The second-order valence-corrected chi connectivity index (χ2v) is 10.9. The van der Waals surface area contributed by atoms with Gasteiger partial charge in [0.2, 0.25) is 5.91 Å². The number of fused-ring (bicyclic) bond motifs is 1. The van der Waals surface area contributed by atoms with Crippen LogP contribution >= 0.6 is 11.8 Å². The maximum atomic E-state index is 13.4. The Bertz CT molecular complexity index is 1460. The molecule has 0 saturated carbocycles. The maximum Gasteiger partial charge on any atom is 0.251 e. The molecule has 41 heavy (non-hydrogen) atoms. The van der Waals surface area contributed by atoms with Crippen molar-refractivity contribution in [3.8, 4) is 0 Å². The number of nitrogens with zero attached hydrogens (tertiary/aromatic N) is 1. The Hall–Kier alpha value is -4.21. The van der Waals surface area contributed by atoms with E-state index in [2.05, 4.69) is 20.9 Å². The van der Waals surface area contributed by atoms with Gasteiger partial charge in [-0.3, -0.25) is 20.0 Å². The van der Waals surface area contributed by atoms with E-state index < -0.39 is 6.04 Å². The minimum atomic E-state index is -0.729. The van der Waals surface area contributed by atoms with Crippen molar-refractivity contribution in [2.45, 2.75) is 44.9 Å². The summed E-state index contributed by atoms with van der Waals surface area (Å²) < 4.78 is 0. The van der Waals surface area contributed by atoms with E-state index in [1.165, 1.54) is 11.8 Å². The lowest BCUT2D eigenvalue weighted by Gasteiger charge is -2.22. The molecule has 0 aliphatic carbocycles. The minimum Gasteiger partial charge on any atom is -0.379 e. The number of thioether (sulfide) groups is 1. The predicted octanol–water partition coefficient (Wildman–Crippen LogP) is 4.91. The minimum absolute atomic E-state index is 0.0363. The summed E-state index contributed by atoms with van der Waals surface area (Å²) >= 11 is 1.23. The molecule has 1 aromatic heterocycles. The lowest BCUT2D eigenvalue weighted by molar-refractivity contribution is -0.123. The van der Waals surface area contributed by atoms with Crippen molar-refractivity contribution < 1.29 is 9.59 Å². The van der Waals surface area contributed by atoms with Crippen LogP contribution in [-0.2, 0) is 17.9 Å². The largest absolute Gasteiger partial charge is 0.379 e. The summed E-state index contributed by atoms with van der Waals surface area (Å²) in [6.07, 6.45) is 2.81. The Morgan fingerprint density at radius 2 is 1.68 bits per heavy atom. The average Bonchev–Trinajstić information content (AvgIpc) is 2.99. The molecule has 0 radical (unpaired) electrons. The van der Waals surface area contributed by atoms with Crippen LogP contribution in [0, 0.1) is 5.41 Å². The zero-order valence-corrected chi connectivity index (χ0v) is 23.9. The average molecular weight is 569 g/mol. The van der Waals surface area contributed by atoms with Gasteiger partial charge in [0.15, 0.2) is 5.17 Å². The number of amides is 2. The van der Waals surface area contributed by atoms with Gasteiger partial charge in [0.05, 0.1) is 11.7 Å². The van der Waals surface area contributed by atoms with Crippen molar-refractivity contribution in [1.82, 2.24) is 20.9 Å². The van der Waals surface area contributed by atoms with Crippen LogP contribution in [0.3, 0.4) is 0 Å². The topological polar surface area (TPSA) is 133 Å². The van der Waals surface area contributed by atoms with Gasteiger partial charge in [-0.2, -0.15) is 0 Å². The van der Waals surface area contributed by atoms with Gasteiger partial charge in [-0.25, -0.2) is 0 Å². The molecule has 3 aromatic carbocycles. The standard InChI is InChI=1S/C32H36N6O2S/c1-22(27-12-6-9-24-8-2-3-11-28(24)27)37-31(40)29(13-7-19-41-32(33)34)38-30(39)25-16-14-23(15-17-25)20-35-21-26-10-4-5-18-36-26/h2-6,8-12,14-18,22,29,35H,7,13,19-21H2,1H3,(H3,33,34)(H,37,40)(H,38,39)/t22-,29-/m0/s1. The van der Waals surface area contributed by atoms with Crippen LogP contribution in [0.15, 0.2) is 91.1 Å². The van der Waals surface area contributed by atoms with Crippen molar-refractivity contribution in [2.75, 3.05) is 5.75 Å². The number of carbonyl (C=O) groups excluding carboxylic acids is 2. The fourth-order valence-electron chi connectivity index (χ4n) is 4.61. The summed E-state index contributed by atoms with van der Waals surface area (Å²) in [5, 5.41) is 19.0. The lowest BCUT2D eigenvalue weighted by atomic mass is 9.99. The Labute approximate surface area is 245 Å². The van der Waals surface area contributed by atoms with Gasteiger partial charge in [0, 0.05) is 30.6 Å². The van der Waals surface area contributed by atoms with E-state index >= 15 is 0 Å². The molecular weight excluding hydrogens is 532 g/mol. The first kappa shape index (κ1) is 29.8. The number of hydrogen-bond donors (Lipinski definition) is 5. The first-order chi connectivity index (χ1) is 19.9. The number of pyridine rings is 1. The van der Waals surface area contributed by atoms with Crippen LogP contribution < -0.4 is 21.7 Å². The molecule has 1 heterocycles. The second kappa shape index (κ2) is 15.0. The van der Waals surface area contributed by atoms with E-state index in [9.17, 15) is 9.59 Å². The Morgan fingerprint density at radius 3 is 2.44 bits per heavy atom. The molecule has 0 bridgehead atoms. The van der Waals surface area contributed by atoms with E-state index in [0.717, 1.165) is 27.6 Å². The van der Waals surface area contributed by atoms with Gasteiger partial charge in [-0.05, 0) is 65.9 Å². The van der Waals surface area contributed by atoms with E-state index in [1.54, 1.807) is 18.3 Å². The third kappa shape index (κ3) is 8.89. The number of nitrogens with two attached hydrogens (primary N) is 1. The van der Waals surface area contributed by atoms with Crippen LogP contribution in [0.4, 0.5) is 0 Å². The van der Waals surface area contributed by atoms with Gasteiger partial charge < -0.3 is 21.7 Å². The maximum absolute atomic E-state index is 13.4. The molecule has 4 aromatic rings. The number of nitrogens with one attached hydrogen (secondary N) is 4. The summed E-state index contributed by atoms with van der Waals surface area (Å²) in [5.74, 6) is 0.0331. The van der Waals surface area contributed by atoms with Crippen LogP contribution in [0.5, 0.6) is 0 Å². The number of amidine groups is 1. The van der Waals surface area contributed by atoms with E-state index in [-0.39, 0.29) is 23.0 Å². The SMILES string of the molecule is C[C@H](NC(=O)[C@H](CCCSC(=N)N)NC(=O)c1ccc(CNCc2ccccn2)cc1)c1cccc2ccccc12. The molecule has 0 aliphatic rings. The molecule has 6 N–H and O–H groups in total. The number of aromatic nitrogens is 1. The highest BCUT2D eigenvalue weighted by Crippen LogP contribution is 2.24. The van der Waals surface area contributed by atoms with Crippen LogP contribution in [-0.4, -0.2) is 33.8 Å². The van der Waals surface area contributed by atoms with Gasteiger partial charge in [0.1, 0.15) is 6.04 Å². The van der Waals surface area contributed by atoms with E-state index in [1.807, 2.05) is 79.7 Å². The number of carbonyl (C=O) groups is 2. The lowest BCUT2D eigenvalue weighted by Crippen LogP contribution is -2.47. The summed E-state index contributed by atoms with van der Waals surface area (Å²) in [4.78, 5) is 30.9. The fourth-order valence-corrected chi connectivity index (χ4v) is 5.14. The molecule has 4 rings (SSSR count). The van der Waals surface area contributed by atoms with Gasteiger partial charge in [-0.1, -0.05) is 72.4 Å². The molecule has 0 fully saturated rings. The number of hydrogen-bond acceptors (Lipinski definition) is 6. The van der Waals surface area contributed by atoms with Crippen LogP contribution in [0.25, 0.3) is 10.8 Å². The Morgan fingerprint density at radius 1 is 0.927 bits per heavy atom. The second-order valence-electron chi connectivity index (χ2n) is 9.80. The highest BCUT2D eigenvalue weighted by Gasteiger charge is 2.23. The first-order valence-electron chi connectivity index (χ1n) is 13.7. The highest BCUT2D eigenvalue weighted by atomic mass is 32.2. The summed E-state index contributed by atoms with van der Waals surface area (Å²) in [6, 6.07) is 26.3. The third-order valence-corrected chi connectivity index (χ3v) is 7.55. The molecule has 2 amide bonds. The van der Waals surface area contributed by atoms with Crippen LogP contribution in [0.2, 0.25) is 0 Å². The number of rotatable bonds is 13. The van der Waals surface area contributed by atoms with Crippen molar-refractivity contribution in [3.05, 3.63) is 114 Å². The Balaban J connectivity index is 1.38. The van der Waals surface area contributed by atoms with Crippen molar-refractivity contribution >= 4 is 39.5 Å². The quantitative estimate of drug-likeness (QED) is 0.0885. The van der Waals surface area contributed by atoms with Gasteiger partial charge >= 0.3 is 0 Å². The zero-order chi connectivity index (χ0) is 29.0. The smallest absolute Gasteiger partial charge is 0.251 e. The van der Waals surface area contributed by atoms with Gasteiger partial charge in [-0.15, -0.1) is 0 Å². The summed E-state index contributed by atoms with van der Waals surface area (Å²) in [6.45, 7) is 3.24. The van der Waals surface area contributed by atoms with Crippen LogP contribution in [0.1, 0.15) is 53.0 Å². The van der Waals surface area contributed by atoms with E-state index in [0.29, 0.717) is 37.2 Å². The third-order valence-electron chi connectivity index (χ3n) is 6.74. The van der Waals surface area contributed by atoms with Crippen molar-refractivity contribution in [1.29, 1.82) is 5.41 Å². The summed E-state index contributed by atoms with van der Waals surface area (Å²) in [5.41, 5.74) is 8.96. The van der Waals surface area contributed by atoms with Crippen molar-refractivity contribution in [3.63, 3.8) is 0 Å². The molecule has 0 spiro atoms. The molecule has 212 valence electrons. The van der Waals surface area contributed by atoms with E-state index in [4.69, 9.17) is 11.1 Å². The molecule has 0 saturated heterocycles. The molecule has 0 aliphatic heterocycles. The fraction of sp³-hybridized carbons (Fsp3) is 0.250. The zero-order valence-electron chi connectivity index (χ0n) is 23.1. The molecule has 9 heteroatoms. The monoisotopic (exact) mass is 568 g/mol. The molecule has 2 atom stereocenters. The first-order valence-corrected chi connectivity index (χ1v) is 14.6. The molecule has 0 unspecified atom stereocenters. The van der Waals surface area contributed by atoms with Gasteiger partial charge in [0.25, 0.3) is 5.91 Å². The molecular formula is C32H36N6O2S. The van der Waals surface area contributed by atoms with Crippen molar-refractivity contribution in [2.24, 2.45) is 5.73 Å². The number of benzene rings is 3. The summed E-state index contributed by atoms with van der Waals surface area (Å²) in [7, 11) is 0. The molecule has 8 nitrogen and oxygen atoms in total. The predicted molar refractivity (Wildman–Crippen MR) is 167 cm³/mol. The highest BCUT2D eigenvalue weighted by molar-refractivity contribution is 8.13. The normalized spacial score (nSPS) is 12.4.